The molecule has 8 heteroatoms. The van der Waals surface area contributed by atoms with Crippen LogP contribution in [0.5, 0.6) is 0 Å². The van der Waals surface area contributed by atoms with Gasteiger partial charge < -0.3 is 19.7 Å². The van der Waals surface area contributed by atoms with Crippen molar-refractivity contribution in [2.24, 2.45) is 0 Å². The average Bonchev–Trinajstić information content (AvgIpc) is 2.37. The minimum absolute atomic E-state index is 0.138. The molecule has 0 aliphatic heterocycles. The zero-order chi connectivity index (χ0) is 15.6. The lowest BCUT2D eigenvalue weighted by Gasteiger charge is -2.31. The number of rotatable bonds is 4. The molecule has 2 atom stereocenters. The molecule has 0 aromatic rings. The molecule has 0 fully saturated rings. The third kappa shape index (κ3) is 3.05. The van der Waals surface area contributed by atoms with Gasteiger partial charge in [0, 0.05) is 0 Å². The quantitative estimate of drug-likeness (QED) is 0.345. The summed E-state index contributed by atoms with van der Waals surface area (Å²) in [7, 11) is 0. The van der Waals surface area contributed by atoms with Crippen LogP contribution in [0.4, 0.5) is 0 Å². The molecule has 20 heavy (non-hydrogen) atoms. The van der Waals surface area contributed by atoms with Crippen molar-refractivity contribution in [3.05, 3.63) is 23.7 Å². The summed E-state index contributed by atoms with van der Waals surface area (Å²) in [6, 6.07) is 0. The van der Waals surface area contributed by atoms with E-state index in [-0.39, 0.29) is 24.7 Å². The fraction of sp³-hybridized carbons (Fsp3) is 0.500. The molecular formula is C12H14I2O6. The minimum Gasteiger partial charge on any atom is -0.510 e. The Morgan fingerprint density at radius 2 is 1.30 bits per heavy atom. The molecule has 1 rings (SSSR count). The summed E-state index contributed by atoms with van der Waals surface area (Å²) in [5.41, 5.74) is 0. The summed E-state index contributed by atoms with van der Waals surface area (Å²) in [4.78, 5) is 23.8. The molecule has 0 aromatic carbocycles. The van der Waals surface area contributed by atoms with Crippen LogP contribution in [0.15, 0.2) is 23.7 Å². The van der Waals surface area contributed by atoms with Gasteiger partial charge in [0.25, 0.3) is 0 Å². The van der Waals surface area contributed by atoms with Gasteiger partial charge in [-0.15, -0.1) is 0 Å². The van der Waals surface area contributed by atoms with E-state index in [2.05, 4.69) is 0 Å². The molecule has 0 aromatic heterocycles. The van der Waals surface area contributed by atoms with Gasteiger partial charge in [0.2, 0.25) is 0 Å². The van der Waals surface area contributed by atoms with Crippen LogP contribution in [0.2, 0.25) is 0 Å². The van der Waals surface area contributed by atoms with Crippen molar-refractivity contribution in [2.45, 2.75) is 20.7 Å². The van der Waals surface area contributed by atoms with Crippen LogP contribution in [0.3, 0.4) is 0 Å². The second-order valence-electron chi connectivity index (χ2n) is 3.92. The number of ether oxygens (including phenoxy) is 2. The summed E-state index contributed by atoms with van der Waals surface area (Å²) in [6.07, 6.45) is 2.20. The first-order valence-corrected chi connectivity index (χ1v) is 7.95. The summed E-state index contributed by atoms with van der Waals surface area (Å²) in [5.74, 6) is -2.19. The molecule has 0 amide bonds. The third-order valence-corrected chi connectivity index (χ3v) is 5.17. The van der Waals surface area contributed by atoms with E-state index in [1.807, 2.05) is 0 Å². The van der Waals surface area contributed by atoms with Crippen molar-refractivity contribution in [1.82, 2.24) is 0 Å². The molecule has 1 aliphatic rings. The van der Waals surface area contributed by atoms with Gasteiger partial charge in [-0.05, 0) is 26.0 Å². The molecule has 0 saturated carbocycles. The molecule has 1 aliphatic carbocycles. The third-order valence-electron chi connectivity index (χ3n) is 2.56. The van der Waals surface area contributed by atoms with Crippen molar-refractivity contribution in [3.8, 4) is 0 Å². The molecule has 0 saturated heterocycles. The van der Waals surface area contributed by atoms with Gasteiger partial charge in [-0.1, -0.05) is 45.2 Å². The number of aliphatic hydroxyl groups is 2. The fourth-order valence-corrected chi connectivity index (χ4v) is 2.75. The van der Waals surface area contributed by atoms with Crippen LogP contribution in [-0.2, 0) is 19.1 Å². The maximum absolute atomic E-state index is 11.9. The number of hydrogen-bond acceptors (Lipinski definition) is 6. The van der Waals surface area contributed by atoms with Gasteiger partial charge in [0.15, 0.2) is 6.84 Å². The number of alkyl halides is 2. The Bertz CT molecular complexity index is 442. The number of aliphatic hydroxyl groups excluding tert-OH is 2. The highest BCUT2D eigenvalue weighted by molar-refractivity contribution is 14.1. The number of hydrogen-bond donors (Lipinski definition) is 2. The van der Waals surface area contributed by atoms with E-state index < -0.39 is 18.8 Å². The van der Waals surface area contributed by atoms with E-state index in [0.717, 1.165) is 12.2 Å². The Hall–Kier alpha value is -0.520. The average molecular weight is 508 g/mol. The van der Waals surface area contributed by atoms with E-state index in [9.17, 15) is 19.8 Å². The summed E-state index contributed by atoms with van der Waals surface area (Å²) in [6.45, 7) is 3.54. The van der Waals surface area contributed by atoms with Crippen LogP contribution in [0, 0.1) is 0 Å². The van der Waals surface area contributed by atoms with Crippen LogP contribution in [-0.4, -0.2) is 42.2 Å². The van der Waals surface area contributed by atoms with Gasteiger partial charge in [0.1, 0.15) is 11.5 Å². The van der Waals surface area contributed by atoms with Gasteiger partial charge >= 0.3 is 11.9 Å². The van der Waals surface area contributed by atoms with Crippen molar-refractivity contribution < 1.29 is 29.3 Å². The normalized spacial score (nSPS) is 29.2. The smallest absolute Gasteiger partial charge is 0.333 e. The number of carbonyl (C=O) groups excluding carboxylic acids is 2. The number of carbonyl (C=O) groups is 2. The van der Waals surface area contributed by atoms with Crippen LogP contribution in [0.1, 0.15) is 13.8 Å². The summed E-state index contributed by atoms with van der Waals surface area (Å²) in [5, 5.41) is 20.2. The highest BCUT2D eigenvalue weighted by atomic mass is 127. The van der Waals surface area contributed by atoms with Gasteiger partial charge in [-0.25, -0.2) is 9.59 Å². The zero-order valence-electron chi connectivity index (χ0n) is 10.9. The zero-order valence-corrected chi connectivity index (χ0v) is 15.2. The molecule has 112 valence electrons. The standard InChI is InChI=1S/C12H14I2O6/c1-3-19-9(17)11(13)5-8(16)12(14,6-7(11)15)10(18)20-4-2/h5-6,15-16H,3-4H2,1-2H3. The van der Waals surface area contributed by atoms with Crippen LogP contribution < -0.4 is 0 Å². The predicted octanol–water partition coefficient (Wildman–Crippen LogP) is 2.36. The molecule has 0 spiro atoms. The molecular weight excluding hydrogens is 494 g/mol. The Balaban J connectivity index is 3.20. The molecule has 0 radical (unpaired) electrons. The van der Waals surface area contributed by atoms with Crippen LogP contribution in [0.25, 0.3) is 0 Å². The topological polar surface area (TPSA) is 93.1 Å². The largest absolute Gasteiger partial charge is 0.510 e. The van der Waals surface area contributed by atoms with Crippen molar-refractivity contribution >= 4 is 57.1 Å². The maximum atomic E-state index is 11.9. The molecule has 0 heterocycles. The van der Waals surface area contributed by atoms with Crippen LogP contribution >= 0.6 is 45.2 Å². The SMILES string of the molecule is CCOC(=O)C1(I)C=C(O)C(I)(C(=O)OCC)C=C1O. The number of halogens is 2. The van der Waals surface area contributed by atoms with E-state index in [1.165, 1.54) is 0 Å². The maximum Gasteiger partial charge on any atom is 0.333 e. The lowest BCUT2D eigenvalue weighted by Crippen LogP contribution is -2.44. The first kappa shape index (κ1) is 17.5. The summed E-state index contributed by atoms with van der Waals surface area (Å²) >= 11 is 3.31. The Labute approximate surface area is 143 Å². The van der Waals surface area contributed by atoms with E-state index >= 15 is 0 Å². The monoisotopic (exact) mass is 508 g/mol. The Morgan fingerprint density at radius 3 is 1.55 bits per heavy atom. The van der Waals surface area contributed by atoms with Gasteiger partial charge in [-0.3, -0.25) is 0 Å². The second kappa shape index (κ2) is 6.50. The fourth-order valence-electron chi connectivity index (χ4n) is 1.53. The highest BCUT2D eigenvalue weighted by Crippen LogP contribution is 2.43. The molecule has 6 nitrogen and oxygen atoms in total. The lowest BCUT2D eigenvalue weighted by atomic mass is 9.92. The van der Waals surface area contributed by atoms with E-state index in [1.54, 1.807) is 59.0 Å². The molecule has 2 N–H and O–H groups in total. The van der Waals surface area contributed by atoms with E-state index in [4.69, 9.17) is 9.47 Å². The highest BCUT2D eigenvalue weighted by Gasteiger charge is 2.51. The molecule has 2 unspecified atom stereocenters. The van der Waals surface area contributed by atoms with Crippen molar-refractivity contribution in [2.75, 3.05) is 13.2 Å². The molecule has 0 bridgehead atoms. The predicted molar refractivity (Wildman–Crippen MR) is 88.2 cm³/mol. The Kier molecular flexibility index (Phi) is 5.70. The van der Waals surface area contributed by atoms with Crippen molar-refractivity contribution in [1.29, 1.82) is 0 Å². The van der Waals surface area contributed by atoms with E-state index in [0.29, 0.717) is 0 Å². The first-order chi connectivity index (χ1) is 9.22. The summed E-state index contributed by atoms with van der Waals surface area (Å²) < 4.78 is 6.63. The first-order valence-electron chi connectivity index (χ1n) is 5.79. The lowest BCUT2D eigenvalue weighted by molar-refractivity contribution is -0.146. The van der Waals surface area contributed by atoms with Crippen molar-refractivity contribution in [3.63, 3.8) is 0 Å². The minimum atomic E-state index is -1.54. The number of esters is 2. The second-order valence-corrected chi connectivity index (χ2v) is 7.33. The van der Waals surface area contributed by atoms with Gasteiger partial charge in [0.05, 0.1) is 13.2 Å². The Morgan fingerprint density at radius 1 is 1.00 bits per heavy atom. The van der Waals surface area contributed by atoms with Gasteiger partial charge in [-0.2, -0.15) is 0 Å².